The van der Waals surface area contributed by atoms with E-state index < -0.39 is 17.5 Å². The summed E-state index contributed by atoms with van der Waals surface area (Å²) >= 11 is 5.73. The van der Waals surface area contributed by atoms with Crippen molar-refractivity contribution in [2.75, 3.05) is 6.26 Å². The molecule has 1 N–H and O–H groups in total. The minimum absolute atomic E-state index is 0.00625. The van der Waals surface area contributed by atoms with Gasteiger partial charge in [0.1, 0.15) is 10.9 Å². The third-order valence-corrected chi connectivity index (χ3v) is 5.10. The van der Waals surface area contributed by atoms with Crippen molar-refractivity contribution in [3.63, 3.8) is 0 Å². The van der Waals surface area contributed by atoms with Crippen molar-refractivity contribution in [1.82, 2.24) is 9.97 Å². The van der Waals surface area contributed by atoms with E-state index in [1.165, 1.54) is 0 Å². The van der Waals surface area contributed by atoms with Crippen LogP contribution in [0.1, 0.15) is 0 Å². The molecule has 0 bridgehead atoms. The van der Waals surface area contributed by atoms with Gasteiger partial charge in [-0.3, -0.25) is 0 Å². The van der Waals surface area contributed by atoms with Gasteiger partial charge >= 0.3 is 0 Å². The van der Waals surface area contributed by atoms with E-state index in [1.54, 1.807) is 28.8 Å². The fraction of sp³-hybridized carbons (Fsp3) is 0.111. The van der Waals surface area contributed by atoms with Gasteiger partial charge in [-0.25, -0.2) is 13.8 Å². The molecule has 2 rings (SSSR count). The monoisotopic (exact) mass is 432 g/mol. The number of fused-ring (bicyclic) bond motifs is 1. The van der Waals surface area contributed by atoms with Crippen LogP contribution in [-0.2, 0) is 0 Å². The number of rotatable bonds is 1. The van der Waals surface area contributed by atoms with E-state index in [0.717, 1.165) is 11.8 Å². The minimum atomic E-state index is -0.737. The molecule has 0 aliphatic carbocycles. The summed E-state index contributed by atoms with van der Waals surface area (Å²) in [6, 6.07) is 0. The molecule has 8 heteroatoms. The zero-order valence-corrected chi connectivity index (χ0v) is 12.8. The van der Waals surface area contributed by atoms with E-state index in [-0.39, 0.29) is 24.1 Å². The van der Waals surface area contributed by atoms with Gasteiger partial charge in [0.15, 0.2) is 16.8 Å². The number of aromatic nitrogens is 2. The quantitative estimate of drug-likeness (QED) is 0.245. The summed E-state index contributed by atoms with van der Waals surface area (Å²) in [5.41, 5.74) is -0.230. The maximum absolute atomic E-state index is 13.9. The molecule has 0 atom stereocenters. The van der Waals surface area contributed by atoms with E-state index in [2.05, 4.69) is 25.9 Å². The Balaban J connectivity index is 3.00. The Morgan fingerprint density at radius 2 is 1.94 bits per heavy atom. The van der Waals surface area contributed by atoms with Gasteiger partial charge in [0, 0.05) is 0 Å². The van der Waals surface area contributed by atoms with Crippen molar-refractivity contribution in [2.24, 2.45) is 0 Å². The highest BCUT2D eigenvalue weighted by atomic mass is 127. The molecule has 1 aromatic carbocycles. The van der Waals surface area contributed by atoms with Crippen molar-refractivity contribution in [2.45, 2.75) is 5.16 Å². The number of hydrogen-bond donors (Lipinski definition) is 1. The van der Waals surface area contributed by atoms with Crippen molar-refractivity contribution in [1.29, 1.82) is 0 Å². The standard InChI is InChI=1S/C9H4BrF2IN2OS/c1-17-9-14-7-2(8(16)15-9)4(11)6(13)3(10)5(7)12/h1H3,(H,14,15,16). The summed E-state index contributed by atoms with van der Waals surface area (Å²) < 4.78 is 27.8. The van der Waals surface area contributed by atoms with Gasteiger partial charge < -0.3 is 5.11 Å². The Morgan fingerprint density at radius 3 is 2.53 bits per heavy atom. The lowest BCUT2D eigenvalue weighted by molar-refractivity contribution is 0.449. The van der Waals surface area contributed by atoms with Crippen LogP contribution in [0.15, 0.2) is 9.63 Å². The second-order valence-electron chi connectivity index (χ2n) is 3.01. The van der Waals surface area contributed by atoms with Crippen LogP contribution < -0.4 is 0 Å². The number of nitrogens with zero attached hydrogens (tertiary/aromatic N) is 2. The molecule has 1 aromatic heterocycles. The highest BCUT2D eigenvalue weighted by molar-refractivity contribution is 14.1. The van der Waals surface area contributed by atoms with E-state index in [9.17, 15) is 13.9 Å². The van der Waals surface area contributed by atoms with Gasteiger partial charge in [0.05, 0.1) is 8.04 Å². The summed E-state index contributed by atoms with van der Waals surface area (Å²) in [6.07, 6.45) is 1.68. The summed E-state index contributed by atoms with van der Waals surface area (Å²) in [5, 5.41) is 9.50. The first-order valence-corrected chi connectivity index (χ1v) is 7.33. The van der Waals surface area contributed by atoms with Crippen LogP contribution in [0, 0.1) is 15.2 Å². The molecule has 0 amide bonds. The van der Waals surface area contributed by atoms with Crippen molar-refractivity contribution < 1.29 is 13.9 Å². The van der Waals surface area contributed by atoms with Gasteiger partial charge in [-0.05, 0) is 44.8 Å². The SMILES string of the molecule is CSc1nc(O)c2c(F)c(I)c(Br)c(F)c2n1. The molecular weight excluding hydrogens is 429 g/mol. The topological polar surface area (TPSA) is 46.0 Å². The molecule has 0 saturated carbocycles. The predicted molar refractivity (Wildman–Crippen MR) is 73.3 cm³/mol. The molecule has 0 unspecified atom stereocenters. The van der Waals surface area contributed by atoms with E-state index in [0.29, 0.717) is 0 Å². The largest absolute Gasteiger partial charge is 0.493 e. The molecule has 17 heavy (non-hydrogen) atoms. The second kappa shape index (κ2) is 4.81. The molecule has 0 aliphatic heterocycles. The number of aromatic hydroxyl groups is 1. The molecule has 0 aliphatic rings. The fourth-order valence-corrected chi connectivity index (χ4v) is 2.52. The molecule has 3 nitrogen and oxygen atoms in total. The van der Waals surface area contributed by atoms with Crippen LogP contribution in [-0.4, -0.2) is 21.3 Å². The normalized spacial score (nSPS) is 11.1. The molecule has 0 radical (unpaired) electrons. The average Bonchev–Trinajstić information content (AvgIpc) is 2.32. The Morgan fingerprint density at radius 1 is 1.29 bits per heavy atom. The number of benzene rings is 1. The second-order valence-corrected chi connectivity index (χ2v) is 5.66. The molecule has 2 aromatic rings. The number of hydrogen-bond acceptors (Lipinski definition) is 4. The van der Waals surface area contributed by atoms with Crippen LogP contribution in [0.2, 0.25) is 0 Å². The van der Waals surface area contributed by atoms with Crippen molar-refractivity contribution in [3.8, 4) is 5.88 Å². The summed E-state index contributed by atoms with van der Waals surface area (Å²) in [5.74, 6) is -2.00. The van der Waals surface area contributed by atoms with Crippen LogP contribution in [0.3, 0.4) is 0 Å². The number of halogens is 4. The lowest BCUT2D eigenvalue weighted by Crippen LogP contribution is -1.98. The predicted octanol–water partition coefficient (Wildman–Crippen LogP) is 3.70. The molecule has 0 spiro atoms. The Labute approximate surface area is 121 Å². The van der Waals surface area contributed by atoms with E-state index >= 15 is 0 Å². The van der Waals surface area contributed by atoms with E-state index in [4.69, 9.17) is 0 Å². The first-order valence-electron chi connectivity index (χ1n) is 4.24. The third-order valence-electron chi connectivity index (χ3n) is 2.06. The molecule has 90 valence electrons. The number of thioether (sulfide) groups is 1. The third kappa shape index (κ3) is 2.10. The molecule has 1 heterocycles. The Bertz CT molecular complexity index is 626. The van der Waals surface area contributed by atoms with Crippen LogP contribution >= 0.6 is 50.3 Å². The maximum Gasteiger partial charge on any atom is 0.226 e. The van der Waals surface area contributed by atoms with Crippen LogP contribution in [0.25, 0.3) is 10.9 Å². The first-order chi connectivity index (χ1) is 7.97. The molecule has 0 fully saturated rings. The zero-order valence-electron chi connectivity index (χ0n) is 8.26. The molecule has 0 saturated heterocycles. The summed E-state index contributed by atoms with van der Waals surface area (Å²) in [7, 11) is 0. The maximum atomic E-state index is 13.9. The highest BCUT2D eigenvalue weighted by Gasteiger charge is 2.21. The lowest BCUT2D eigenvalue weighted by Gasteiger charge is -2.08. The van der Waals surface area contributed by atoms with E-state index in [1.807, 2.05) is 0 Å². The first kappa shape index (κ1) is 13.2. The lowest BCUT2D eigenvalue weighted by atomic mass is 10.2. The van der Waals surface area contributed by atoms with Gasteiger partial charge in [0.2, 0.25) is 5.88 Å². The average molecular weight is 433 g/mol. The van der Waals surface area contributed by atoms with Crippen LogP contribution in [0.4, 0.5) is 8.78 Å². The van der Waals surface area contributed by atoms with Gasteiger partial charge in [-0.15, -0.1) is 0 Å². The summed E-state index contributed by atoms with van der Waals surface area (Å²) in [4.78, 5) is 7.54. The molecular formula is C9H4BrF2IN2OS. The van der Waals surface area contributed by atoms with Gasteiger partial charge in [-0.2, -0.15) is 4.98 Å². The highest BCUT2D eigenvalue weighted by Crippen LogP contribution is 2.36. The summed E-state index contributed by atoms with van der Waals surface area (Å²) in [6.45, 7) is 0. The van der Waals surface area contributed by atoms with Crippen molar-refractivity contribution in [3.05, 3.63) is 19.7 Å². The van der Waals surface area contributed by atoms with Gasteiger partial charge in [0.25, 0.3) is 0 Å². The van der Waals surface area contributed by atoms with Crippen LogP contribution in [0.5, 0.6) is 5.88 Å². The fourth-order valence-electron chi connectivity index (χ4n) is 1.29. The zero-order chi connectivity index (χ0) is 12.7. The Hall–Kier alpha value is -0.220. The van der Waals surface area contributed by atoms with Gasteiger partial charge in [-0.1, -0.05) is 11.8 Å². The van der Waals surface area contributed by atoms with Crippen molar-refractivity contribution >= 4 is 61.2 Å². The smallest absolute Gasteiger partial charge is 0.226 e. The minimum Gasteiger partial charge on any atom is -0.493 e. The Kier molecular flexibility index (Phi) is 3.74.